The van der Waals surface area contributed by atoms with Crippen molar-refractivity contribution in [2.75, 3.05) is 13.6 Å². The predicted molar refractivity (Wildman–Crippen MR) is 69.5 cm³/mol. The third-order valence-corrected chi connectivity index (χ3v) is 2.60. The quantitative estimate of drug-likeness (QED) is 0.321. The van der Waals surface area contributed by atoms with E-state index in [9.17, 15) is 4.79 Å². The summed E-state index contributed by atoms with van der Waals surface area (Å²) >= 11 is 0. The van der Waals surface area contributed by atoms with Crippen LogP contribution in [0.4, 0.5) is 4.79 Å². The summed E-state index contributed by atoms with van der Waals surface area (Å²) in [7, 11) is 1.72. The van der Waals surface area contributed by atoms with Crippen molar-refractivity contribution in [3.8, 4) is 0 Å². The van der Waals surface area contributed by atoms with Gasteiger partial charge in [-0.3, -0.25) is 0 Å². The number of carbonyl (C=O) groups excluding carboxylic acids is 1. The summed E-state index contributed by atoms with van der Waals surface area (Å²) in [6, 6.07) is 7.02. The van der Waals surface area contributed by atoms with Crippen LogP contribution in [0, 0.1) is 0 Å². The van der Waals surface area contributed by atoms with Gasteiger partial charge in [0, 0.05) is 25.7 Å². The van der Waals surface area contributed by atoms with E-state index in [2.05, 4.69) is 10.5 Å². The minimum absolute atomic E-state index is 0.0499. The van der Waals surface area contributed by atoms with Gasteiger partial charge in [0.25, 0.3) is 0 Å². The molecule has 0 aliphatic heterocycles. The van der Waals surface area contributed by atoms with Gasteiger partial charge in [-0.25, -0.2) is 4.79 Å². The second kappa shape index (κ2) is 6.48. The number of oxime groups is 1. The first kappa shape index (κ1) is 13.8. The van der Waals surface area contributed by atoms with Crippen LogP contribution in [0.15, 0.2) is 29.4 Å². The number of amides is 2. The van der Waals surface area contributed by atoms with Crippen molar-refractivity contribution in [2.24, 2.45) is 10.9 Å². The number of nitrogens with one attached hydrogen (secondary N) is 1. The van der Waals surface area contributed by atoms with E-state index in [1.165, 1.54) is 0 Å². The van der Waals surface area contributed by atoms with Crippen molar-refractivity contribution >= 4 is 11.9 Å². The molecule has 0 aromatic heterocycles. The van der Waals surface area contributed by atoms with Gasteiger partial charge < -0.3 is 21.2 Å². The van der Waals surface area contributed by atoms with Crippen molar-refractivity contribution in [1.29, 1.82) is 0 Å². The molecular formula is C12H18N4O2. The van der Waals surface area contributed by atoms with Crippen LogP contribution in [-0.4, -0.2) is 35.6 Å². The van der Waals surface area contributed by atoms with Crippen molar-refractivity contribution in [3.05, 3.63) is 35.4 Å². The number of amidine groups is 1. The zero-order chi connectivity index (χ0) is 13.5. The highest BCUT2D eigenvalue weighted by Gasteiger charge is 2.06. The molecule has 4 N–H and O–H groups in total. The van der Waals surface area contributed by atoms with Crippen LogP contribution < -0.4 is 11.1 Å². The Bertz CT molecular complexity index is 445. The Morgan fingerprint density at radius 1 is 1.56 bits per heavy atom. The molecule has 1 aromatic carbocycles. The standard InChI is InChI=1S/C12H18N4O2/c1-3-16(2)12(17)14-8-9-5-4-6-10(7-9)11(13)15-18/h4-7,18H,3,8H2,1-2H3,(H2,13,15)(H,14,17). The number of carbonyl (C=O) groups is 1. The SMILES string of the molecule is CCN(C)C(=O)NCc1cccc(C(N)=NO)c1. The molecule has 2 amide bonds. The smallest absolute Gasteiger partial charge is 0.317 e. The number of hydrogen-bond acceptors (Lipinski definition) is 3. The van der Waals surface area contributed by atoms with Crippen LogP contribution in [0.25, 0.3) is 0 Å². The van der Waals surface area contributed by atoms with Gasteiger partial charge in [0.2, 0.25) is 0 Å². The van der Waals surface area contributed by atoms with E-state index in [4.69, 9.17) is 10.9 Å². The Morgan fingerprint density at radius 3 is 2.89 bits per heavy atom. The van der Waals surface area contributed by atoms with Gasteiger partial charge in [0.1, 0.15) is 0 Å². The van der Waals surface area contributed by atoms with E-state index < -0.39 is 0 Å². The molecular weight excluding hydrogens is 232 g/mol. The molecule has 0 saturated heterocycles. The third-order valence-electron chi connectivity index (χ3n) is 2.60. The Morgan fingerprint density at radius 2 is 2.28 bits per heavy atom. The molecule has 0 radical (unpaired) electrons. The Hall–Kier alpha value is -2.24. The summed E-state index contributed by atoms with van der Waals surface area (Å²) in [5.74, 6) is 0.0499. The van der Waals surface area contributed by atoms with Crippen molar-refractivity contribution < 1.29 is 10.0 Å². The van der Waals surface area contributed by atoms with Crippen LogP contribution in [0.1, 0.15) is 18.1 Å². The number of rotatable bonds is 4. The lowest BCUT2D eigenvalue weighted by atomic mass is 10.1. The highest BCUT2D eigenvalue weighted by atomic mass is 16.4. The molecule has 6 heteroatoms. The molecule has 18 heavy (non-hydrogen) atoms. The molecule has 0 heterocycles. The van der Waals surface area contributed by atoms with E-state index in [0.29, 0.717) is 18.7 Å². The minimum Gasteiger partial charge on any atom is -0.409 e. The van der Waals surface area contributed by atoms with Crippen molar-refractivity contribution in [2.45, 2.75) is 13.5 Å². The summed E-state index contributed by atoms with van der Waals surface area (Å²) < 4.78 is 0. The fourth-order valence-corrected chi connectivity index (χ4v) is 1.35. The summed E-state index contributed by atoms with van der Waals surface area (Å²) in [6.07, 6.45) is 0. The van der Waals surface area contributed by atoms with Crippen LogP contribution in [0.5, 0.6) is 0 Å². The van der Waals surface area contributed by atoms with Gasteiger partial charge >= 0.3 is 6.03 Å². The maximum absolute atomic E-state index is 11.5. The fraction of sp³-hybridized carbons (Fsp3) is 0.333. The monoisotopic (exact) mass is 250 g/mol. The second-order valence-electron chi connectivity index (χ2n) is 3.86. The molecule has 0 unspecified atom stereocenters. The summed E-state index contributed by atoms with van der Waals surface area (Å²) in [6.45, 7) is 2.95. The van der Waals surface area contributed by atoms with Gasteiger partial charge in [-0.2, -0.15) is 0 Å². The molecule has 0 atom stereocenters. The highest BCUT2D eigenvalue weighted by Crippen LogP contribution is 2.05. The number of hydrogen-bond donors (Lipinski definition) is 3. The zero-order valence-corrected chi connectivity index (χ0v) is 10.6. The van der Waals surface area contributed by atoms with Crippen molar-refractivity contribution in [1.82, 2.24) is 10.2 Å². The first-order valence-corrected chi connectivity index (χ1v) is 5.64. The molecule has 0 saturated carbocycles. The molecule has 0 bridgehead atoms. The van der Waals surface area contributed by atoms with Crippen LogP contribution in [-0.2, 0) is 6.54 Å². The van der Waals surface area contributed by atoms with Gasteiger partial charge in [-0.1, -0.05) is 23.4 Å². The third kappa shape index (κ3) is 3.65. The topological polar surface area (TPSA) is 91.0 Å². The maximum Gasteiger partial charge on any atom is 0.317 e. The molecule has 0 fully saturated rings. The van der Waals surface area contributed by atoms with Crippen LogP contribution >= 0.6 is 0 Å². The lowest BCUT2D eigenvalue weighted by Crippen LogP contribution is -2.36. The van der Waals surface area contributed by atoms with E-state index in [0.717, 1.165) is 5.56 Å². The minimum atomic E-state index is -0.133. The molecule has 0 aliphatic rings. The second-order valence-corrected chi connectivity index (χ2v) is 3.86. The largest absolute Gasteiger partial charge is 0.409 e. The van der Waals surface area contributed by atoms with Crippen molar-refractivity contribution in [3.63, 3.8) is 0 Å². The lowest BCUT2D eigenvalue weighted by molar-refractivity contribution is 0.210. The maximum atomic E-state index is 11.5. The molecule has 6 nitrogen and oxygen atoms in total. The first-order chi connectivity index (χ1) is 8.58. The van der Waals surface area contributed by atoms with Gasteiger partial charge in [-0.15, -0.1) is 0 Å². The Kier molecular flexibility index (Phi) is 4.98. The number of nitrogens with zero attached hydrogens (tertiary/aromatic N) is 2. The summed E-state index contributed by atoms with van der Waals surface area (Å²) in [5.41, 5.74) is 7.00. The first-order valence-electron chi connectivity index (χ1n) is 5.64. The van der Waals surface area contributed by atoms with E-state index in [-0.39, 0.29) is 11.9 Å². The number of nitrogens with two attached hydrogens (primary N) is 1. The normalized spacial score (nSPS) is 11.1. The molecule has 0 aliphatic carbocycles. The lowest BCUT2D eigenvalue weighted by Gasteiger charge is -2.15. The Labute approximate surface area is 106 Å². The average Bonchev–Trinajstić information content (AvgIpc) is 2.43. The predicted octanol–water partition coefficient (Wildman–Crippen LogP) is 0.942. The highest BCUT2D eigenvalue weighted by molar-refractivity contribution is 5.97. The summed E-state index contributed by atoms with van der Waals surface area (Å²) in [5, 5.41) is 14.3. The van der Waals surface area contributed by atoms with Crippen LogP contribution in [0.3, 0.4) is 0 Å². The summed E-state index contributed by atoms with van der Waals surface area (Å²) in [4.78, 5) is 13.1. The van der Waals surface area contributed by atoms with E-state index in [1.54, 1.807) is 30.1 Å². The van der Waals surface area contributed by atoms with E-state index in [1.807, 2.05) is 13.0 Å². The van der Waals surface area contributed by atoms with Gasteiger partial charge in [-0.05, 0) is 18.6 Å². The number of urea groups is 1. The zero-order valence-electron chi connectivity index (χ0n) is 10.6. The van der Waals surface area contributed by atoms with Gasteiger partial charge in [0.15, 0.2) is 5.84 Å². The molecule has 0 spiro atoms. The molecule has 1 aromatic rings. The van der Waals surface area contributed by atoms with E-state index >= 15 is 0 Å². The molecule has 98 valence electrons. The van der Waals surface area contributed by atoms with Crippen LogP contribution in [0.2, 0.25) is 0 Å². The Balaban J connectivity index is 2.66. The molecule has 1 rings (SSSR count). The average molecular weight is 250 g/mol. The van der Waals surface area contributed by atoms with Gasteiger partial charge in [0.05, 0.1) is 0 Å². The number of benzene rings is 1. The fourth-order valence-electron chi connectivity index (χ4n) is 1.35.